The van der Waals surface area contributed by atoms with E-state index in [0.29, 0.717) is 0 Å². The molecule has 1 unspecified atom stereocenters. The van der Waals surface area contributed by atoms with Crippen molar-refractivity contribution in [2.45, 2.75) is 39.7 Å². The van der Waals surface area contributed by atoms with E-state index in [-0.39, 0.29) is 5.92 Å². The van der Waals surface area contributed by atoms with Crippen molar-refractivity contribution in [2.24, 2.45) is 0 Å². The Morgan fingerprint density at radius 2 is 2.00 bits per heavy atom. The third-order valence-corrected chi connectivity index (χ3v) is 6.19. The number of pyridine rings is 1. The van der Waals surface area contributed by atoms with Crippen LogP contribution in [0, 0.1) is 0 Å². The fraction of sp³-hybridized carbons (Fsp3) is 0.286. The number of aromatic nitrogens is 7. The molecule has 7 nitrogen and oxygen atoms in total. The van der Waals surface area contributed by atoms with Crippen molar-refractivity contribution in [3.05, 3.63) is 59.8 Å². The standard InChI is InChI=1S/C21H21N7S/c1-4-17-16(12-27(5-2)25-17)20-26-28-19(23-24-21(28)29-20)13(3)14-8-9-18-15(11-14)7-6-10-22-18/h6-13H,4-5H2,1-3H3. The van der Waals surface area contributed by atoms with Gasteiger partial charge in [-0.3, -0.25) is 9.67 Å². The van der Waals surface area contributed by atoms with E-state index in [0.717, 1.165) is 50.9 Å². The number of rotatable bonds is 5. The second-order valence-corrected chi connectivity index (χ2v) is 7.99. The molecule has 8 heteroatoms. The first kappa shape index (κ1) is 17.9. The van der Waals surface area contributed by atoms with Crippen molar-refractivity contribution < 1.29 is 0 Å². The number of fused-ring (bicyclic) bond motifs is 2. The Labute approximate surface area is 172 Å². The molecular formula is C21H21N7S. The molecule has 0 spiro atoms. The Balaban J connectivity index is 1.56. The predicted octanol–water partition coefficient (Wildman–Crippen LogP) is 4.33. The van der Waals surface area contributed by atoms with Gasteiger partial charge in [0.05, 0.1) is 16.8 Å². The van der Waals surface area contributed by atoms with Crippen LogP contribution in [0.15, 0.2) is 42.7 Å². The molecule has 29 heavy (non-hydrogen) atoms. The Morgan fingerprint density at radius 1 is 1.10 bits per heavy atom. The molecule has 146 valence electrons. The molecule has 1 atom stereocenters. The molecule has 0 saturated carbocycles. The van der Waals surface area contributed by atoms with E-state index in [9.17, 15) is 0 Å². The number of nitrogens with zero attached hydrogens (tertiary/aromatic N) is 7. The van der Waals surface area contributed by atoms with Crippen LogP contribution in [0.1, 0.15) is 43.8 Å². The van der Waals surface area contributed by atoms with Gasteiger partial charge in [0, 0.05) is 30.2 Å². The van der Waals surface area contributed by atoms with Crippen molar-refractivity contribution in [1.82, 2.24) is 34.6 Å². The fourth-order valence-electron chi connectivity index (χ4n) is 3.59. The second kappa shape index (κ2) is 7.04. The van der Waals surface area contributed by atoms with Crippen molar-refractivity contribution >= 4 is 27.2 Å². The average Bonchev–Trinajstić information content (AvgIpc) is 3.46. The molecule has 1 aromatic carbocycles. The SMILES string of the molecule is CCc1nn(CC)cc1-c1nn2c(C(C)c3ccc4ncccc4c3)nnc2s1. The lowest BCUT2D eigenvalue weighted by atomic mass is 9.99. The highest BCUT2D eigenvalue weighted by Gasteiger charge is 2.21. The summed E-state index contributed by atoms with van der Waals surface area (Å²) in [6.45, 7) is 7.19. The molecule has 0 aliphatic heterocycles. The third kappa shape index (κ3) is 3.00. The zero-order valence-electron chi connectivity index (χ0n) is 16.6. The molecule has 0 saturated heterocycles. The molecule has 0 fully saturated rings. The van der Waals surface area contributed by atoms with Gasteiger partial charge in [-0.1, -0.05) is 37.3 Å². The summed E-state index contributed by atoms with van der Waals surface area (Å²) in [6, 6.07) is 10.4. The normalized spacial score (nSPS) is 12.8. The Hall–Kier alpha value is -3.13. The number of hydrogen-bond donors (Lipinski definition) is 0. The number of hydrogen-bond acceptors (Lipinski definition) is 6. The minimum atomic E-state index is 0.0635. The highest BCUT2D eigenvalue weighted by atomic mass is 32.1. The zero-order valence-corrected chi connectivity index (χ0v) is 17.4. The van der Waals surface area contributed by atoms with E-state index in [1.54, 1.807) is 11.3 Å². The number of benzene rings is 1. The van der Waals surface area contributed by atoms with E-state index >= 15 is 0 Å². The monoisotopic (exact) mass is 403 g/mol. The number of aryl methyl sites for hydroxylation is 2. The lowest BCUT2D eigenvalue weighted by Crippen LogP contribution is -2.03. The van der Waals surface area contributed by atoms with Gasteiger partial charge in [0.25, 0.3) is 0 Å². The maximum atomic E-state index is 4.85. The van der Waals surface area contributed by atoms with Gasteiger partial charge in [-0.15, -0.1) is 10.2 Å². The first-order chi connectivity index (χ1) is 14.2. The summed E-state index contributed by atoms with van der Waals surface area (Å²) in [5, 5.41) is 20.4. The van der Waals surface area contributed by atoms with E-state index < -0.39 is 0 Å². The maximum Gasteiger partial charge on any atom is 0.235 e. The average molecular weight is 404 g/mol. The Morgan fingerprint density at radius 3 is 2.83 bits per heavy atom. The minimum absolute atomic E-state index is 0.0635. The predicted molar refractivity (Wildman–Crippen MR) is 114 cm³/mol. The van der Waals surface area contributed by atoms with Crippen molar-refractivity contribution in [3.63, 3.8) is 0 Å². The van der Waals surface area contributed by atoms with Gasteiger partial charge in [0.2, 0.25) is 4.96 Å². The third-order valence-electron chi connectivity index (χ3n) is 5.26. The molecule has 0 radical (unpaired) electrons. The summed E-state index contributed by atoms with van der Waals surface area (Å²) in [7, 11) is 0. The molecule has 4 heterocycles. The lowest BCUT2D eigenvalue weighted by molar-refractivity contribution is 0.648. The maximum absolute atomic E-state index is 4.85. The summed E-state index contributed by atoms with van der Waals surface area (Å²) in [5.41, 5.74) is 4.31. The molecule has 0 amide bonds. The van der Waals surface area contributed by atoms with E-state index in [4.69, 9.17) is 5.10 Å². The zero-order chi connectivity index (χ0) is 20.0. The van der Waals surface area contributed by atoms with Gasteiger partial charge in [-0.05, 0) is 37.1 Å². The van der Waals surface area contributed by atoms with Gasteiger partial charge in [-0.2, -0.15) is 14.7 Å². The molecule has 0 bridgehead atoms. The van der Waals surface area contributed by atoms with Crippen LogP contribution in [0.4, 0.5) is 0 Å². The summed E-state index contributed by atoms with van der Waals surface area (Å²) in [6.07, 6.45) is 4.76. The molecule has 0 aliphatic carbocycles. The van der Waals surface area contributed by atoms with Crippen LogP contribution in [0.3, 0.4) is 0 Å². The Bertz CT molecular complexity index is 1310. The van der Waals surface area contributed by atoms with Crippen molar-refractivity contribution in [1.29, 1.82) is 0 Å². The van der Waals surface area contributed by atoms with E-state index in [1.165, 1.54) is 5.56 Å². The van der Waals surface area contributed by atoms with Gasteiger partial charge >= 0.3 is 0 Å². The topological polar surface area (TPSA) is 73.8 Å². The van der Waals surface area contributed by atoms with Crippen LogP contribution in [-0.4, -0.2) is 34.6 Å². The van der Waals surface area contributed by atoms with Gasteiger partial charge in [0.15, 0.2) is 10.8 Å². The first-order valence-corrected chi connectivity index (χ1v) is 10.6. The van der Waals surface area contributed by atoms with Crippen LogP contribution >= 0.6 is 11.3 Å². The lowest BCUT2D eigenvalue weighted by Gasteiger charge is -2.10. The quantitative estimate of drug-likeness (QED) is 0.437. The highest BCUT2D eigenvalue weighted by Crippen LogP contribution is 2.31. The van der Waals surface area contributed by atoms with Crippen LogP contribution in [0.2, 0.25) is 0 Å². The molecule has 0 aliphatic rings. The molecule has 0 N–H and O–H groups in total. The smallest absolute Gasteiger partial charge is 0.235 e. The second-order valence-electron chi connectivity index (χ2n) is 7.04. The van der Waals surface area contributed by atoms with Crippen LogP contribution in [-0.2, 0) is 13.0 Å². The highest BCUT2D eigenvalue weighted by molar-refractivity contribution is 7.19. The summed E-state index contributed by atoms with van der Waals surface area (Å²) < 4.78 is 3.84. The molecule has 5 rings (SSSR count). The summed E-state index contributed by atoms with van der Waals surface area (Å²) in [4.78, 5) is 5.21. The first-order valence-electron chi connectivity index (χ1n) is 9.81. The van der Waals surface area contributed by atoms with E-state index in [2.05, 4.69) is 71.5 Å². The minimum Gasteiger partial charge on any atom is -0.272 e. The Kier molecular flexibility index (Phi) is 4.35. The fourth-order valence-corrected chi connectivity index (χ4v) is 4.46. The summed E-state index contributed by atoms with van der Waals surface area (Å²) >= 11 is 1.55. The summed E-state index contributed by atoms with van der Waals surface area (Å²) in [5.74, 6) is 0.903. The van der Waals surface area contributed by atoms with E-state index in [1.807, 2.05) is 21.5 Å². The molecular weight excluding hydrogens is 382 g/mol. The van der Waals surface area contributed by atoms with Gasteiger partial charge < -0.3 is 0 Å². The molecule has 5 aromatic rings. The van der Waals surface area contributed by atoms with Crippen molar-refractivity contribution in [2.75, 3.05) is 0 Å². The van der Waals surface area contributed by atoms with Crippen LogP contribution in [0.5, 0.6) is 0 Å². The molecule has 4 aromatic heterocycles. The van der Waals surface area contributed by atoms with Crippen LogP contribution in [0.25, 0.3) is 26.4 Å². The van der Waals surface area contributed by atoms with Gasteiger partial charge in [0.1, 0.15) is 0 Å². The van der Waals surface area contributed by atoms with Crippen molar-refractivity contribution in [3.8, 4) is 10.6 Å². The largest absolute Gasteiger partial charge is 0.272 e. The van der Waals surface area contributed by atoms with Crippen LogP contribution < -0.4 is 0 Å². The van der Waals surface area contributed by atoms with Gasteiger partial charge in [-0.25, -0.2) is 0 Å².